The number of ether oxygens (including phenoxy) is 1. The number of methoxy groups -OCH3 is 1. The Morgan fingerprint density at radius 2 is 1.93 bits per heavy atom. The van der Waals surface area contributed by atoms with E-state index in [2.05, 4.69) is 10.3 Å². The van der Waals surface area contributed by atoms with Crippen molar-refractivity contribution in [1.29, 1.82) is 0 Å². The quantitative estimate of drug-likeness (QED) is 0.514. The molecule has 6 heteroatoms. The van der Waals surface area contributed by atoms with E-state index < -0.39 is 0 Å². The number of aryl methyl sites for hydroxylation is 2. The lowest BCUT2D eigenvalue weighted by atomic mass is 10.1. The van der Waals surface area contributed by atoms with Crippen molar-refractivity contribution < 1.29 is 13.9 Å². The van der Waals surface area contributed by atoms with Gasteiger partial charge >= 0.3 is 0 Å². The normalized spacial score (nSPS) is 10.9. The molecule has 4 rings (SSSR count). The maximum atomic E-state index is 12.7. The van der Waals surface area contributed by atoms with Gasteiger partial charge in [0.15, 0.2) is 10.9 Å². The van der Waals surface area contributed by atoms with Gasteiger partial charge in [-0.15, -0.1) is 11.3 Å². The smallest absolute Gasteiger partial charge is 0.293 e. The molecule has 0 aliphatic heterocycles. The predicted octanol–water partition coefficient (Wildman–Crippen LogP) is 5.43. The number of furan rings is 1. The second-order valence-electron chi connectivity index (χ2n) is 6.16. The summed E-state index contributed by atoms with van der Waals surface area (Å²) in [5, 5.41) is 4.27. The highest BCUT2D eigenvalue weighted by Gasteiger charge is 2.20. The number of hydrogen-bond acceptors (Lipinski definition) is 5. The van der Waals surface area contributed by atoms with Crippen molar-refractivity contribution in [2.45, 2.75) is 13.8 Å². The van der Waals surface area contributed by atoms with Crippen LogP contribution in [0.3, 0.4) is 0 Å². The summed E-state index contributed by atoms with van der Waals surface area (Å²) in [5.74, 6) is 0.699. The van der Waals surface area contributed by atoms with Gasteiger partial charge in [0, 0.05) is 21.4 Å². The van der Waals surface area contributed by atoms with Crippen molar-refractivity contribution in [2.24, 2.45) is 0 Å². The molecule has 136 valence electrons. The third-order valence-electron chi connectivity index (χ3n) is 4.41. The maximum absolute atomic E-state index is 12.7. The number of rotatable bonds is 4. The molecule has 27 heavy (non-hydrogen) atoms. The molecule has 0 fully saturated rings. The summed E-state index contributed by atoms with van der Waals surface area (Å²) in [6, 6.07) is 15.4. The fraction of sp³-hybridized carbons (Fsp3) is 0.143. The standard InChI is InChI=1S/C21H18N2O3S/c1-12-16-11-15(25-3)9-10-17(16)26-19(12)20(24)23-21-22-18(13(2)27-21)14-7-5-4-6-8-14/h4-11H,1-3H3,(H,22,23,24). The van der Waals surface area contributed by atoms with Gasteiger partial charge in [-0.1, -0.05) is 30.3 Å². The first-order chi connectivity index (χ1) is 13.1. The molecule has 2 heterocycles. The summed E-state index contributed by atoms with van der Waals surface area (Å²) in [4.78, 5) is 18.4. The first-order valence-electron chi connectivity index (χ1n) is 8.48. The molecule has 2 aromatic carbocycles. The van der Waals surface area contributed by atoms with Crippen LogP contribution in [-0.2, 0) is 0 Å². The van der Waals surface area contributed by atoms with Crippen LogP contribution in [0.25, 0.3) is 22.2 Å². The monoisotopic (exact) mass is 378 g/mol. The molecule has 4 aromatic rings. The average molecular weight is 378 g/mol. The van der Waals surface area contributed by atoms with E-state index in [9.17, 15) is 4.79 Å². The number of thiazole rings is 1. The Kier molecular flexibility index (Phi) is 4.41. The number of nitrogens with zero attached hydrogens (tertiary/aromatic N) is 1. The van der Waals surface area contributed by atoms with Gasteiger partial charge < -0.3 is 9.15 Å². The Bertz CT molecular complexity index is 1130. The summed E-state index contributed by atoms with van der Waals surface area (Å²) in [6.07, 6.45) is 0. The summed E-state index contributed by atoms with van der Waals surface area (Å²) in [7, 11) is 1.61. The van der Waals surface area contributed by atoms with Crippen molar-refractivity contribution in [2.75, 3.05) is 12.4 Å². The molecule has 1 N–H and O–H groups in total. The molecule has 0 saturated heterocycles. The van der Waals surface area contributed by atoms with Crippen molar-refractivity contribution in [3.05, 3.63) is 64.7 Å². The second-order valence-corrected chi connectivity index (χ2v) is 7.37. The minimum Gasteiger partial charge on any atom is -0.497 e. The third-order valence-corrected chi connectivity index (χ3v) is 5.30. The van der Waals surface area contributed by atoms with E-state index in [4.69, 9.17) is 9.15 Å². The number of aromatic nitrogens is 1. The number of anilines is 1. The van der Waals surface area contributed by atoms with Gasteiger partial charge in [-0.2, -0.15) is 0 Å². The molecule has 0 atom stereocenters. The van der Waals surface area contributed by atoms with E-state index in [0.29, 0.717) is 10.7 Å². The number of hydrogen-bond donors (Lipinski definition) is 1. The van der Waals surface area contributed by atoms with Crippen molar-refractivity contribution >= 4 is 33.3 Å². The molecule has 5 nitrogen and oxygen atoms in total. The second kappa shape index (κ2) is 6.89. The van der Waals surface area contributed by atoms with Crippen LogP contribution in [0, 0.1) is 13.8 Å². The van der Waals surface area contributed by atoms with E-state index in [0.717, 1.165) is 32.8 Å². The molecule has 1 amide bonds. The zero-order valence-corrected chi connectivity index (χ0v) is 16.0. The largest absolute Gasteiger partial charge is 0.497 e. The Labute approximate surface area is 160 Å². The van der Waals surface area contributed by atoms with Crippen LogP contribution in [0.1, 0.15) is 21.0 Å². The van der Waals surface area contributed by atoms with Crippen LogP contribution in [0.2, 0.25) is 0 Å². The molecule has 0 saturated carbocycles. The third kappa shape index (κ3) is 3.19. The van der Waals surface area contributed by atoms with Crippen LogP contribution in [0.4, 0.5) is 5.13 Å². The van der Waals surface area contributed by atoms with Crippen LogP contribution >= 0.6 is 11.3 Å². The average Bonchev–Trinajstić information content (AvgIpc) is 3.22. The molecular formula is C21H18N2O3S. The number of benzene rings is 2. The number of carbonyl (C=O) groups excluding carboxylic acids is 1. The van der Waals surface area contributed by atoms with E-state index in [1.54, 1.807) is 13.2 Å². The van der Waals surface area contributed by atoms with Crippen LogP contribution < -0.4 is 10.1 Å². The lowest BCUT2D eigenvalue weighted by Gasteiger charge is -2.00. The molecule has 0 unspecified atom stereocenters. The molecule has 2 aromatic heterocycles. The fourth-order valence-electron chi connectivity index (χ4n) is 3.01. The van der Waals surface area contributed by atoms with Crippen molar-refractivity contribution in [3.63, 3.8) is 0 Å². The van der Waals surface area contributed by atoms with E-state index in [-0.39, 0.29) is 11.7 Å². The van der Waals surface area contributed by atoms with Gasteiger partial charge in [-0.25, -0.2) is 4.98 Å². The summed E-state index contributed by atoms with van der Waals surface area (Å²) in [6.45, 7) is 3.86. The van der Waals surface area contributed by atoms with Crippen LogP contribution in [0.5, 0.6) is 5.75 Å². The highest BCUT2D eigenvalue weighted by atomic mass is 32.1. The fourth-order valence-corrected chi connectivity index (χ4v) is 3.84. The Balaban J connectivity index is 1.63. The molecule has 0 aliphatic carbocycles. The zero-order valence-electron chi connectivity index (χ0n) is 15.2. The summed E-state index contributed by atoms with van der Waals surface area (Å²) in [5.41, 5.74) is 3.33. The van der Waals surface area contributed by atoms with Gasteiger partial charge in [0.1, 0.15) is 11.3 Å². The lowest BCUT2D eigenvalue weighted by molar-refractivity contribution is 0.0998. The number of nitrogens with one attached hydrogen (secondary N) is 1. The SMILES string of the molecule is COc1ccc2oc(C(=O)Nc3nc(-c4ccccc4)c(C)s3)c(C)c2c1. The minimum atomic E-state index is -0.309. The minimum absolute atomic E-state index is 0.285. The van der Waals surface area contributed by atoms with Gasteiger partial charge in [0.05, 0.1) is 12.8 Å². The van der Waals surface area contributed by atoms with Crippen molar-refractivity contribution in [3.8, 4) is 17.0 Å². The van der Waals surface area contributed by atoms with Crippen molar-refractivity contribution in [1.82, 2.24) is 4.98 Å². The molecule has 0 spiro atoms. The maximum Gasteiger partial charge on any atom is 0.293 e. The lowest BCUT2D eigenvalue weighted by Crippen LogP contribution is -2.11. The van der Waals surface area contributed by atoms with Crippen LogP contribution in [-0.4, -0.2) is 18.0 Å². The van der Waals surface area contributed by atoms with Gasteiger partial charge in [-0.05, 0) is 32.0 Å². The Hall–Kier alpha value is -3.12. The topological polar surface area (TPSA) is 64.4 Å². The van der Waals surface area contributed by atoms with E-state index in [1.165, 1.54) is 11.3 Å². The zero-order chi connectivity index (χ0) is 19.0. The predicted molar refractivity (Wildman–Crippen MR) is 108 cm³/mol. The molecular weight excluding hydrogens is 360 g/mol. The molecule has 0 aliphatic rings. The van der Waals surface area contributed by atoms with Gasteiger partial charge in [-0.3, -0.25) is 10.1 Å². The molecule has 0 bridgehead atoms. The first-order valence-corrected chi connectivity index (χ1v) is 9.30. The van der Waals surface area contributed by atoms with Gasteiger partial charge in [0.2, 0.25) is 0 Å². The van der Waals surface area contributed by atoms with Gasteiger partial charge in [0.25, 0.3) is 5.91 Å². The Morgan fingerprint density at radius 3 is 2.67 bits per heavy atom. The first kappa shape index (κ1) is 17.3. The highest BCUT2D eigenvalue weighted by molar-refractivity contribution is 7.16. The Morgan fingerprint density at radius 1 is 1.15 bits per heavy atom. The molecule has 0 radical (unpaired) electrons. The summed E-state index contributed by atoms with van der Waals surface area (Å²) < 4.78 is 11.0. The van der Waals surface area contributed by atoms with E-state index >= 15 is 0 Å². The number of amides is 1. The van der Waals surface area contributed by atoms with Crippen LogP contribution in [0.15, 0.2) is 52.9 Å². The summed E-state index contributed by atoms with van der Waals surface area (Å²) >= 11 is 1.45. The number of fused-ring (bicyclic) bond motifs is 1. The van der Waals surface area contributed by atoms with E-state index in [1.807, 2.05) is 56.3 Å². The highest BCUT2D eigenvalue weighted by Crippen LogP contribution is 2.32. The number of carbonyl (C=O) groups is 1.